The number of benzene rings is 3. The normalized spacial score (nSPS) is 13.9. The first-order chi connectivity index (χ1) is 14.6. The van der Waals surface area contributed by atoms with Crippen LogP contribution in [0.3, 0.4) is 0 Å². The molecule has 0 bridgehead atoms. The molecule has 3 nitrogen and oxygen atoms in total. The van der Waals surface area contributed by atoms with Crippen molar-refractivity contribution in [2.45, 2.75) is 13.5 Å². The average Bonchev–Trinajstić information content (AvgIpc) is 2.78. The summed E-state index contributed by atoms with van der Waals surface area (Å²) >= 11 is 11.9. The Morgan fingerprint density at radius 3 is 2.40 bits per heavy atom. The highest BCUT2D eigenvalue weighted by molar-refractivity contribution is 7.80. The number of hydrogen-bond acceptors (Lipinski definition) is 3. The van der Waals surface area contributed by atoms with Crippen LogP contribution in [0.25, 0.3) is 0 Å². The van der Waals surface area contributed by atoms with Crippen LogP contribution in [0.15, 0.2) is 72.8 Å². The number of anilines is 1. The van der Waals surface area contributed by atoms with Crippen LogP contribution in [-0.2, 0) is 6.61 Å². The maximum absolute atomic E-state index is 6.14. The number of halogens is 1. The molecule has 1 aliphatic heterocycles. The molecule has 0 radical (unpaired) electrons. The summed E-state index contributed by atoms with van der Waals surface area (Å²) in [5.41, 5.74) is 4.61. The van der Waals surface area contributed by atoms with E-state index in [0.717, 1.165) is 53.1 Å². The molecule has 0 atom stereocenters. The Balaban J connectivity index is 1.35. The van der Waals surface area contributed by atoms with Gasteiger partial charge in [-0.05, 0) is 42.8 Å². The summed E-state index contributed by atoms with van der Waals surface area (Å²) < 4.78 is 6.00. The Kier molecular flexibility index (Phi) is 6.56. The molecule has 0 aromatic heterocycles. The van der Waals surface area contributed by atoms with Crippen LogP contribution < -0.4 is 9.64 Å². The van der Waals surface area contributed by atoms with E-state index in [1.807, 2.05) is 36.4 Å². The van der Waals surface area contributed by atoms with Crippen molar-refractivity contribution in [2.24, 2.45) is 0 Å². The van der Waals surface area contributed by atoms with Gasteiger partial charge in [0.05, 0.1) is 0 Å². The van der Waals surface area contributed by atoms with E-state index >= 15 is 0 Å². The topological polar surface area (TPSA) is 15.7 Å². The highest BCUT2D eigenvalue weighted by Crippen LogP contribution is 2.22. The third kappa shape index (κ3) is 5.13. The van der Waals surface area contributed by atoms with E-state index < -0.39 is 0 Å². The zero-order valence-corrected chi connectivity index (χ0v) is 18.6. The van der Waals surface area contributed by atoms with E-state index in [0.29, 0.717) is 6.61 Å². The summed E-state index contributed by atoms with van der Waals surface area (Å²) in [6, 6.07) is 24.5. The number of piperazine rings is 1. The standard InChI is InChI=1S/C25H25ClN2OS/c1-19-8-10-20(11-9-19)18-29-24-7-2-4-21(16-24)25(30)28-14-12-27(13-15-28)23-6-3-5-22(26)17-23/h2-11,16-17H,12-15,18H2,1H3. The fourth-order valence-corrected chi connectivity index (χ4v) is 4.09. The summed E-state index contributed by atoms with van der Waals surface area (Å²) in [6.45, 7) is 6.26. The van der Waals surface area contributed by atoms with Crippen LogP contribution in [-0.4, -0.2) is 36.1 Å². The van der Waals surface area contributed by atoms with E-state index in [2.05, 4.69) is 53.1 Å². The number of hydrogen-bond donors (Lipinski definition) is 0. The predicted molar refractivity (Wildman–Crippen MR) is 129 cm³/mol. The van der Waals surface area contributed by atoms with Gasteiger partial charge in [-0.25, -0.2) is 0 Å². The Bertz CT molecular complexity index is 1010. The largest absolute Gasteiger partial charge is 0.489 e. The van der Waals surface area contributed by atoms with Gasteiger partial charge in [0, 0.05) is 42.5 Å². The van der Waals surface area contributed by atoms with Gasteiger partial charge in [-0.2, -0.15) is 0 Å². The number of nitrogens with zero attached hydrogens (tertiary/aromatic N) is 2. The monoisotopic (exact) mass is 436 g/mol. The van der Waals surface area contributed by atoms with Crippen LogP contribution >= 0.6 is 23.8 Å². The van der Waals surface area contributed by atoms with Gasteiger partial charge in [-0.1, -0.05) is 71.8 Å². The third-order valence-corrected chi connectivity index (χ3v) is 6.08. The lowest BCUT2D eigenvalue weighted by molar-refractivity contribution is 0.306. The molecule has 1 fully saturated rings. The quantitative estimate of drug-likeness (QED) is 0.475. The molecule has 154 valence electrons. The van der Waals surface area contributed by atoms with Crippen LogP contribution in [0, 0.1) is 6.92 Å². The Morgan fingerprint density at radius 1 is 0.933 bits per heavy atom. The molecule has 1 heterocycles. The second kappa shape index (κ2) is 9.50. The van der Waals surface area contributed by atoms with Crippen molar-refractivity contribution in [2.75, 3.05) is 31.1 Å². The number of rotatable bonds is 5. The number of ether oxygens (including phenoxy) is 1. The van der Waals surface area contributed by atoms with Crippen LogP contribution in [0.5, 0.6) is 5.75 Å². The average molecular weight is 437 g/mol. The summed E-state index contributed by atoms with van der Waals surface area (Å²) in [5.74, 6) is 0.841. The highest BCUT2D eigenvalue weighted by Gasteiger charge is 2.20. The second-order valence-electron chi connectivity index (χ2n) is 7.56. The molecule has 0 N–H and O–H groups in total. The van der Waals surface area contributed by atoms with Crippen molar-refractivity contribution in [1.82, 2.24) is 4.90 Å². The van der Waals surface area contributed by atoms with Crippen molar-refractivity contribution in [3.05, 3.63) is 94.5 Å². The fourth-order valence-electron chi connectivity index (χ4n) is 3.59. The lowest BCUT2D eigenvalue weighted by Crippen LogP contribution is -2.48. The predicted octanol–water partition coefficient (Wildman–Crippen LogP) is 5.73. The molecule has 4 rings (SSSR count). The van der Waals surface area contributed by atoms with Crippen molar-refractivity contribution in [3.63, 3.8) is 0 Å². The summed E-state index contributed by atoms with van der Waals surface area (Å²) in [7, 11) is 0. The molecule has 1 aliphatic rings. The Hall–Kier alpha value is -2.56. The van der Waals surface area contributed by atoms with E-state index in [-0.39, 0.29) is 0 Å². The van der Waals surface area contributed by atoms with Gasteiger partial charge >= 0.3 is 0 Å². The Morgan fingerprint density at radius 2 is 1.67 bits per heavy atom. The van der Waals surface area contributed by atoms with E-state index in [9.17, 15) is 0 Å². The zero-order valence-electron chi connectivity index (χ0n) is 17.1. The molecule has 0 amide bonds. The molecule has 1 saturated heterocycles. The van der Waals surface area contributed by atoms with Crippen molar-refractivity contribution >= 4 is 34.5 Å². The SMILES string of the molecule is Cc1ccc(COc2cccc(C(=S)N3CCN(c4cccc(Cl)c4)CC3)c2)cc1. The van der Waals surface area contributed by atoms with Crippen LogP contribution in [0.1, 0.15) is 16.7 Å². The van der Waals surface area contributed by atoms with Crippen molar-refractivity contribution in [3.8, 4) is 5.75 Å². The molecule has 3 aromatic rings. The minimum Gasteiger partial charge on any atom is -0.489 e. The number of aryl methyl sites for hydroxylation is 1. The molecule has 3 aromatic carbocycles. The third-order valence-electron chi connectivity index (χ3n) is 5.35. The van der Waals surface area contributed by atoms with Gasteiger partial charge < -0.3 is 14.5 Å². The molecule has 0 aliphatic carbocycles. The van der Waals surface area contributed by atoms with E-state index in [1.54, 1.807) is 0 Å². The first kappa shape index (κ1) is 20.7. The van der Waals surface area contributed by atoms with E-state index in [4.69, 9.17) is 28.6 Å². The molecule has 0 spiro atoms. The summed E-state index contributed by atoms with van der Waals surface area (Å²) in [5, 5.41) is 0.771. The van der Waals surface area contributed by atoms with Gasteiger partial charge in [0.25, 0.3) is 0 Å². The molecule has 5 heteroatoms. The first-order valence-electron chi connectivity index (χ1n) is 10.2. The van der Waals surface area contributed by atoms with Gasteiger partial charge in [0.1, 0.15) is 17.3 Å². The lowest BCUT2D eigenvalue weighted by Gasteiger charge is -2.37. The summed E-state index contributed by atoms with van der Waals surface area (Å²) in [4.78, 5) is 5.50. The molecule has 30 heavy (non-hydrogen) atoms. The van der Waals surface area contributed by atoms with Crippen molar-refractivity contribution < 1.29 is 4.74 Å². The molecular formula is C25H25ClN2OS. The minimum atomic E-state index is 0.550. The van der Waals surface area contributed by atoms with Crippen molar-refractivity contribution in [1.29, 1.82) is 0 Å². The minimum absolute atomic E-state index is 0.550. The van der Waals surface area contributed by atoms with Crippen LogP contribution in [0.2, 0.25) is 5.02 Å². The first-order valence-corrected chi connectivity index (χ1v) is 11.0. The summed E-state index contributed by atoms with van der Waals surface area (Å²) in [6.07, 6.45) is 0. The second-order valence-corrected chi connectivity index (χ2v) is 8.38. The Labute approximate surface area is 188 Å². The molecular weight excluding hydrogens is 412 g/mol. The van der Waals surface area contributed by atoms with Gasteiger partial charge in [0.2, 0.25) is 0 Å². The molecule has 0 unspecified atom stereocenters. The van der Waals surface area contributed by atoms with Gasteiger partial charge in [-0.3, -0.25) is 0 Å². The number of thiocarbonyl (C=S) groups is 1. The lowest BCUT2D eigenvalue weighted by atomic mass is 10.1. The van der Waals surface area contributed by atoms with Gasteiger partial charge in [0.15, 0.2) is 0 Å². The van der Waals surface area contributed by atoms with E-state index in [1.165, 1.54) is 11.3 Å². The maximum Gasteiger partial charge on any atom is 0.120 e. The smallest absolute Gasteiger partial charge is 0.120 e. The highest BCUT2D eigenvalue weighted by atomic mass is 35.5. The molecule has 0 saturated carbocycles. The fraction of sp³-hybridized carbons (Fsp3) is 0.240. The maximum atomic E-state index is 6.14. The van der Waals surface area contributed by atoms with Gasteiger partial charge in [-0.15, -0.1) is 0 Å². The zero-order chi connectivity index (χ0) is 20.9. The van der Waals surface area contributed by atoms with Crippen LogP contribution in [0.4, 0.5) is 5.69 Å².